The molecular weight excluding hydrogens is 370 g/mol. The Kier molecular flexibility index (Phi) is 7.20. The maximum atomic E-state index is 11.4. The second-order valence-electron chi connectivity index (χ2n) is 4.68. The highest BCUT2D eigenvalue weighted by Crippen LogP contribution is 2.25. The number of hydrogen-bond donors (Lipinski definition) is 2. The zero-order chi connectivity index (χ0) is 17.4. The van der Waals surface area contributed by atoms with Crippen LogP contribution in [0.3, 0.4) is 0 Å². The van der Waals surface area contributed by atoms with Crippen molar-refractivity contribution in [3.05, 3.63) is 28.2 Å². The van der Waals surface area contributed by atoms with Crippen LogP contribution in [0.25, 0.3) is 0 Å². The highest BCUT2D eigenvalue weighted by Gasteiger charge is 2.12. The number of nitrogens with zero attached hydrogens (tertiary/aromatic N) is 1. The van der Waals surface area contributed by atoms with Crippen molar-refractivity contribution in [2.75, 3.05) is 6.61 Å². The highest BCUT2D eigenvalue weighted by molar-refractivity contribution is 9.10. The summed E-state index contributed by atoms with van der Waals surface area (Å²) in [6.45, 7) is 2.90. The summed E-state index contributed by atoms with van der Waals surface area (Å²) < 4.78 is 5.49. The number of hydrogen-bond acceptors (Lipinski definition) is 6. The molecule has 0 fully saturated rings. The van der Waals surface area contributed by atoms with Crippen molar-refractivity contribution in [3.8, 4) is 5.75 Å². The van der Waals surface area contributed by atoms with Gasteiger partial charge in [0.05, 0.1) is 16.7 Å². The van der Waals surface area contributed by atoms with Crippen LogP contribution in [0, 0.1) is 0 Å². The Balaban J connectivity index is 2.60. The number of halogens is 1. The summed E-state index contributed by atoms with van der Waals surface area (Å²) >= 11 is 3.22. The molecule has 0 spiro atoms. The van der Waals surface area contributed by atoms with E-state index in [-0.39, 0.29) is 6.04 Å². The van der Waals surface area contributed by atoms with Gasteiger partial charge in [-0.25, -0.2) is 5.43 Å². The van der Waals surface area contributed by atoms with Crippen LogP contribution < -0.4 is 20.6 Å². The predicted octanol–water partition coefficient (Wildman–Crippen LogP) is -0.448. The van der Waals surface area contributed by atoms with Crippen LogP contribution in [-0.4, -0.2) is 36.6 Å². The topological polar surface area (TPSA) is 120 Å². The molecule has 23 heavy (non-hydrogen) atoms. The summed E-state index contributed by atoms with van der Waals surface area (Å²) in [5.74, 6) is -2.65. The molecule has 0 aromatic heterocycles. The van der Waals surface area contributed by atoms with E-state index in [9.17, 15) is 19.5 Å². The van der Waals surface area contributed by atoms with Crippen molar-refractivity contribution in [3.63, 3.8) is 0 Å². The molecule has 0 atom stereocenters. The van der Waals surface area contributed by atoms with Gasteiger partial charge in [-0.05, 0) is 53.5 Å². The minimum absolute atomic E-state index is 0.151. The molecule has 0 heterocycles. The number of carbonyl (C=O) groups is 3. The smallest absolute Gasteiger partial charge is 0.329 e. The summed E-state index contributed by atoms with van der Waals surface area (Å²) in [5.41, 5.74) is 2.70. The van der Waals surface area contributed by atoms with Gasteiger partial charge in [-0.15, -0.1) is 0 Å². The van der Waals surface area contributed by atoms with Gasteiger partial charge < -0.3 is 20.0 Å². The minimum atomic E-state index is -1.33. The van der Waals surface area contributed by atoms with E-state index < -0.39 is 24.4 Å². The monoisotopic (exact) mass is 384 g/mol. The molecular formula is C14H15BrN3O5-. The average Bonchev–Trinajstić information content (AvgIpc) is 2.45. The van der Waals surface area contributed by atoms with Gasteiger partial charge in [0.2, 0.25) is 0 Å². The summed E-state index contributed by atoms with van der Waals surface area (Å²) in [6.07, 6.45) is 1.33. The fourth-order valence-corrected chi connectivity index (χ4v) is 1.91. The first-order valence-corrected chi connectivity index (χ1v) is 7.35. The molecule has 1 rings (SSSR count). The molecule has 2 N–H and O–H groups in total. The lowest BCUT2D eigenvalue weighted by Crippen LogP contribution is -2.41. The average molecular weight is 385 g/mol. The third-order valence-electron chi connectivity index (χ3n) is 2.31. The van der Waals surface area contributed by atoms with Crippen LogP contribution in [0.5, 0.6) is 5.75 Å². The van der Waals surface area contributed by atoms with E-state index in [0.29, 0.717) is 15.8 Å². The molecule has 0 bridgehead atoms. The Morgan fingerprint density at radius 3 is 2.61 bits per heavy atom. The minimum Gasteiger partial charge on any atom is -0.546 e. The van der Waals surface area contributed by atoms with Crippen LogP contribution in [0.1, 0.15) is 19.4 Å². The van der Waals surface area contributed by atoms with Gasteiger partial charge in [-0.2, -0.15) is 5.10 Å². The van der Waals surface area contributed by atoms with E-state index in [4.69, 9.17) is 4.74 Å². The molecule has 124 valence electrons. The number of hydrazone groups is 1. The SMILES string of the molecule is CC(C)NC(=O)C(=O)N/N=C\c1ccc(OCC(=O)[O-])c(Br)c1. The molecule has 0 unspecified atom stereocenters. The molecule has 0 saturated carbocycles. The number of ether oxygens (including phenoxy) is 1. The van der Waals surface area contributed by atoms with E-state index in [1.54, 1.807) is 26.0 Å². The molecule has 9 heteroatoms. The molecule has 1 aromatic carbocycles. The van der Waals surface area contributed by atoms with E-state index in [1.807, 2.05) is 0 Å². The van der Waals surface area contributed by atoms with E-state index in [2.05, 4.69) is 31.8 Å². The van der Waals surface area contributed by atoms with Gasteiger partial charge in [-0.3, -0.25) is 9.59 Å². The lowest BCUT2D eigenvalue weighted by atomic mass is 10.2. The van der Waals surface area contributed by atoms with Gasteiger partial charge in [-0.1, -0.05) is 0 Å². The molecule has 8 nitrogen and oxygen atoms in total. The van der Waals surface area contributed by atoms with Crippen molar-refractivity contribution in [2.24, 2.45) is 5.10 Å². The van der Waals surface area contributed by atoms with Gasteiger partial charge in [0.15, 0.2) is 0 Å². The van der Waals surface area contributed by atoms with Crippen molar-refractivity contribution < 1.29 is 24.2 Å². The van der Waals surface area contributed by atoms with E-state index in [0.717, 1.165) is 0 Å². The Morgan fingerprint density at radius 2 is 2.04 bits per heavy atom. The van der Waals surface area contributed by atoms with Crippen LogP contribution in [0.15, 0.2) is 27.8 Å². The first-order chi connectivity index (χ1) is 10.8. The zero-order valence-electron chi connectivity index (χ0n) is 12.5. The summed E-state index contributed by atoms with van der Waals surface area (Å²) in [5, 5.41) is 16.4. The summed E-state index contributed by atoms with van der Waals surface area (Å²) in [7, 11) is 0. The Bertz CT molecular complexity index is 631. The fraction of sp³-hybridized carbons (Fsp3) is 0.286. The normalized spacial score (nSPS) is 10.6. The number of carboxylic acids is 1. The van der Waals surface area contributed by atoms with Crippen molar-refractivity contribution >= 4 is 39.9 Å². The quantitative estimate of drug-likeness (QED) is 0.391. The van der Waals surface area contributed by atoms with Crippen molar-refractivity contribution in [1.82, 2.24) is 10.7 Å². The molecule has 0 radical (unpaired) electrons. The van der Waals surface area contributed by atoms with Crippen molar-refractivity contribution in [1.29, 1.82) is 0 Å². The number of carbonyl (C=O) groups excluding carboxylic acids is 3. The Labute approximate surface area is 141 Å². The van der Waals surface area contributed by atoms with Gasteiger partial charge >= 0.3 is 11.8 Å². The van der Waals surface area contributed by atoms with Crippen LogP contribution in [0.4, 0.5) is 0 Å². The number of aliphatic carboxylic acids is 1. The fourth-order valence-electron chi connectivity index (χ4n) is 1.40. The standard InChI is InChI=1S/C14H16BrN3O5/c1-8(2)17-13(21)14(22)18-16-6-9-3-4-11(10(15)5-9)23-7-12(19)20/h3-6,8H,7H2,1-2H3,(H,17,21)(H,18,22)(H,19,20)/p-1/b16-6-. The number of amides is 2. The number of benzene rings is 1. The number of carboxylic acid groups (broad SMARTS) is 1. The number of rotatable bonds is 6. The van der Waals surface area contributed by atoms with Gasteiger partial charge in [0, 0.05) is 6.04 Å². The predicted molar refractivity (Wildman–Crippen MR) is 83.7 cm³/mol. The van der Waals surface area contributed by atoms with E-state index in [1.165, 1.54) is 12.3 Å². The molecule has 0 saturated heterocycles. The molecule has 2 amide bonds. The summed E-state index contributed by atoms with van der Waals surface area (Å²) in [6, 6.07) is 4.58. The third kappa shape index (κ3) is 6.92. The maximum Gasteiger partial charge on any atom is 0.329 e. The first kappa shape index (κ1) is 18.6. The third-order valence-corrected chi connectivity index (χ3v) is 2.93. The lowest BCUT2D eigenvalue weighted by Gasteiger charge is -2.09. The Morgan fingerprint density at radius 1 is 1.35 bits per heavy atom. The maximum absolute atomic E-state index is 11.4. The van der Waals surface area contributed by atoms with Crippen LogP contribution >= 0.6 is 15.9 Å². The second-order valence-corrected chi connectivity index (χ2v) is 5.53. The second kappa shape index (κ2) is 8.89. The zero-order valence-corrected chi connectivity index (χ0v) is 14.0. The number of nitrogens with one attached hydrogen (secondary N) is 2. The largest absolute Gasteiger partial charge is 0.546 e. The Hall–Kier alpha value is -2.42. The highest BCUT2D eigenvalue weighted by atomic mass is 79.9. The molecule has 1 aromatic rings. The van der Waals surface area contributed by atoms with Crippen molar-refractivity contribution in [2.45, 2.75) is 19.9 Å². The lowest BCUT2D eigenvalue weighted by molar-refractivity contribution is -0.307. The van der Waals surface area contributed by atoms with Gasteiger partial charge in [0.25, 0.3) is 0 Å². The van der Waals surface area contributed by atoms with Crippen LogP contribution in [0.2, 0.25) is 0 Å². The molecule has 0 aliphatic carbocycles. The van der Waals surface area contributed by atoms with Gasteiger partial charge in [0.1, 0.15) is 12.4 Å². The summed E-state index contributed by atoms with van der Waals surface area (Å²) in [4.78, 5) is 33.1. The molecule has 0 aliphatic heterocycles. The van der Waals surface area contributed by atoms with Crippen LogP contribution in [-0.2, 0) is 14.4 Å². The first-order valence-electron chi connectivity index (χ1n) is 6.55. The van der Waals surface area contributed by atoms with E-state index >= 15 is 0 Å². The molecule has 0 aliphatic rings.